The molecule has 0 fully saturated rings. The Bertz CT molecular complexity index is 686. The maximum atomic E-state index is 9.21. The molecule has 1 aromatic carbocycles. The summed E-state index contributed by atoms with van der Waals surface area (Å²) in [5.41, 5.74) is 3.81. The van der Waals surface area contributed by atoms with Gasteiger partial charge in [0.1, 0.15) is 0 Å². The molecule has 144 valence electrons. The van der Waals surface area contributed by atoms with Gasteiger partial charge in [-0.2, -0.15) is 0 Å². The van der Waals surface area contributed by atoms with Gasteiger partial charge in [-0.05, 0) is 50.7 Å². The van der Waals surface area contributed by atoms with Crippen LogP contribution in [-0.2, 0) is 6.42 Å². The van der Waals surface area contributed by atoms with Crippen LogP contribution in [0.15, 0.2) is 29.3 Å². The van der Waals surface area contributed by atoms with Gasteiger partial charge in [-0.15, -0.1) is 0 Å². The van der Waals surface area contributed by atoms with E-state index in [9.17, 15) is 5.11 Å². The first-order valence-electron chi connectivity index (χ1n) is 9.88. The Morgan fingerprint density at radius 3 is 2.73 bits per heavy atom. The molecule has 1 unspecified atom stereocenters. The molecule has 2 rings (SSSR count). The van der Waals surface area contributed by atoms with Gasteiger partial charge < -0.3 is 20.7 Å². The Morgan fingerprint density at radius 2 is 2.00 bits per heavy atom. The minimum absolute atomic E-state index is 0.240. The third-order valence-corrected chi connectivity index (χ3v) is 4.78. The Hall–Kier alpha value is -2.01. The number of aliphatic hydroxyl groups is 1. The molecule has 0 amide bonds. The predicted octanol–water partition coefficient (Wildman–Crippen LogP) is 3.37. The fraction of sp³-hybridized carbons (Fsp3) is 0.571. The van der Waals surface area contributed by atoms with Crippen LogP contribution in [0, 0.1) is 12.8 Å². The van der Waals surface area contributed by atoms with E-state index in [2.05, 4.69) is 60.7 Å². The van der Waals surface area contributed by atoms with E-state index < -0.39 is 0 Å². The van der Waals surface area contributed by atoms with E-state index >= 15 is 0 Å². The number of hydrogen-bond acceptors (Lipinski definition) is 2. The van der Waals surface area contributed by atoms with Gasteiger partial charge in [-0.25, -0.2) is 0 Å². The Balaban J connectivity index is 1.95. The molecule has 1 heterocycles. The lowest BCUT2D eigenvalue weighted by atomic mass is 10.0. The van der Waals surface area contributed by atoms with Crippen molar-refractivity contribution in [3.05, 3.63) is 35.5 Å². The van der Waals surface area contributed by atoms with E-state index in [1.165, 1.54) is 22.2 Å². The number of aromatic amines is 1. The molecule has 0 aliphatic heterocycles. The number of aliphatic hydroxyl groups excluding tert-OH is 1. The zero-order chi connectivity index (χ0) is 18.8. The number of H-pyrrole nitrogens is 1. The molecular formula is C21H34N4O. The molecule has 2 aromatic rings. The quantitative estimate of drug-likeness (QED) is 0.389. The van der Waals surface area contributed by atoms with Crippen LogP contribution in [0.4, 0.5) is 0 Å². The topological polar surface area (TPSA) is 72.4 Å². The molecule has 0 saturated heterocycles. The zero-order valence-corrected chi connectivity index (χ0v) is 16.4. The first kappa shape index (κ1) is 20.3. The highest BCUT2D eigenvalue weighted by molar-refractivity contribution is 5.84. The molecule has 5 nitrogen and oxygen atoms in total. The maximum absolute atomic E-state index is 9.21. The van der Waals surface area contributed by atoms with Crippen LogP contribution in [0.25, 0.3) is 10.9 Å². The van der Waals surface area contributed by atoms with Crippen molar-refractivity contribution in [1.29, 1.82) is 0 Å². The molecule has 4 N–H and O–H groups in total. The number of aliphatic imine (C=N–C) groups is 1. The number of rotatable bonds is 10. The normalized spacial score (nSPS) is 13.2. The SMILES string of the molecule is CCCC(CCO)CN=C(NCC)NCCc1c(C)[nH]c2ccccc12. The Morgan fingerprint density at radius 1 is 1.19 bits per heavy atom. The lowest BCUT2D eigenvalue weighted by Gasteiger charge is -2.15. The number of nitrogens with zero attached hydrogens (tertiary/aromatic N) is 1. The lowest BCUT2D eigenvalue weighted by Crippen LogP contribution is -2.38. The number of nitrogens with one attached hydrogen (secondary N) is 3. The lowest BCUT2D eigenvalue weighted by molar-refractivity contribution is 0.253. The van der Waals surface area contributed by atoms with Gasteiger partial charge in [-0.3, -0.25) is 4.99 Å². The number of benzene rings is 1. The van der Waals surface area contributed by atoms with Gasteiger partial charge in [0.15, 0.2) is 5.96 Å². The van der Waals surface area contributed by atoms with E-state index in [0.717, 1.165) is 51.3 Å². The number of hydrogen-bond donors (Lipinski definition) is 4. The van der Waals surface area contributed by atoms with Crippen molar-refractivity contribution in [2.45, 2.75) is 46.5 Å². The summed E-state index contributed by atoms with van der Waals surface area (Å²) in [6.07, 6.45) is 4.02. The second-order valence-electron chi connectivity index (χ2n) is 6.84. The average molecular weight is 359 g/mol. The second kappa shape index (κ2) is 10.9. The average Bonchev–Trinajstić information content (AvgIpc) is 2.95. The van der Waals surface area contributed by atoms with E-state index in [4.69, 9.17) is 4.99 Å². The summed E-state index contributed by atoms with van der Waals surface area (Å²) in [7, 11) is 0. The molecule has 0 radical (unpaired) electrons. The Kier molecular flexibility index (Phi) is 8.48. The molecular weight excluding hydrogens is 324 g/mol. The van der Waals surface area contributed by atoms with Crippen molar-refractivity contribution < 1.29 is 5.11 Å². The summed E-state index contributed by atoms with van der Waals surface area (Å²) >= 11 is 0. The van der Waals surface area contributed by atoms with E-state index in [1.807, 2.05) is 0 Å². The van der Waals surface area contributed by atoms with Crippen LogP contribution in [0.1, 0.15) is 44.4 Å². The maximum Gasteiger partial charge on any atom is 0.191 e. The molecule has 0 saturated carbocycles. The minimum Gasteiger partial charge on any atom is -0.396 e. The smallest absolute Gasteiger partial charge is 0.191 e. The largest absolute Gasteiger partial charge is 0.396 e. The predicted molar refractivity (Wildman–Crippen MR) is 111 cm³/mol. The summed E-state index contributed by atoms with van der Waals surface area (Å²) in [6, 6.07) is 8.46. The van der Waals surface area contributed by atoms with E-state index in [-0.39, 0.29) is 6.61 Å². The highest BCUT2D eigenvalue weighted by Gasteiger charge is 2.09. The summed E-state index contributed by atoms with van der Waals surface area (Å²) in [5, 5.41) is 17.3. The fourth-order valence-electron chi connectivity index (χ4n) is 3.44. The second-order valence-corrected chi connectivity index (χ2v) is 6.84. The zero-order valence-electron chi connectivity index (χ0n) is 16.4. The summed E-state index contributed by atoms with van der Waals surface area (Å²) in [4.78, 5) is 8.19. The highest BCUT2D eigenvalue weighted by Crippen LogP contribution is 2.21. The summed E-state index contributed by atoms with van der Waals surface area (Å²) in [5.74, 6) is 1.32. The number of aryl methyl sites for hydroxylation is 1. The van der Waals surface area contributed by atoms with Crippen molar-refractivity contribution in [2.75, 3.05) is 26.2 Å². The third kappa shape index (κ3) is 5.77. The van der Waals surface area contributed by atoms with Gasteiger partial charge in [0, 0.05) is 42.8 Å². The van der Waals surface area contributed by atoms with E-state index in [1.54, 1.807) is 0 Å². The van der Waals surface area contributed by atoms with Crippen LogP contribution in [0.3, 0.4) is 0 Å². The van der Waals surface area contributed by atoms with Crippen molar-refractivity contribution in [2.24, 2.45) is 10.9 Å². The molecule has 5 heteroatoms. The highest BCUT2D eigenvalue weighted by atomic mass is 16.3. The van der Waals surface area contributed by atoms with Gasteiger partial charge >= 0.3 is 0 Å². The van der Waals surface area contributed by atoms with E-state index in [0.29, 0.717) is 5.92 Å². The molecule has 0 spiro atoms. The summed E-state index contributed by atoms with van der Waals surface area (Å²) in [6.45, 7) is 9.08. The molecule has 1 aromatic heterocycles. The third-order valence-electron chi connectivity index (χ3n) is 4.78. The monoisotopic (exact) mass is 358 g/mol. The number of para-hydroxylation sites is 1. The molecule has 1 atom stereocenters. The van der Waals surface area contributed by atoms with Crippen LogP contribution < -0.4 is 10.6 Å². The van der Waals surface area contributed by atoms with Crippen molar-refractivity contribution in [3.63, 3.8) is 0 Å². The molecule has 0 bridgehead atoms. The number of fused-ring (bicyclic) bond motifs is 1. The van der Waals surface area contributed by atoms with Crippen LogP contribution >= 0.6 is 0 Å². The van der Waals surface area contributed by atoms with Crippen molar-refractivity contribution in [3.8, 4) is 0 Å². The van der Waals surface area contributed by atoms with Gasteiger partial charge in [0.25, 0.3) is 0 Å². The van der Waals surface area contributed by atoms with Gasteiger partial charge in [0.2, 0.25) is 0 Å². The number of guanidine groups is 1. The minimum atomic E-state index is 0.240. The number of aromatic nitrogens is 1. The fourth-order valence-corrected chi connectivity index (χ4v) is 3.44. The van der Waals surface area contributed by atoms with Crippen LogP contribution in [0.5, 0.6) is 0 Å². The van der Waals surface area contributed by atoms with Crippen LogP contribution in [0.2, 0.25) is 0 Å². The Labute approximate surface area is 157 Å². The molecule has 0 aliphatic rings. The summed E-state index contributed by atoms with van der Waals surface area (Å²) < 4.78 is 0. The molecule has 26 heavy (non-hydrogen) atoms. The van der Waals surface area contributed by atoms with Crippen molar-refractivity contribution >= 4 is 16.9 Å². The van der Waals surface area contributed by atoms with Crippen molar-refractivity contribution in [1.82, 2.24) is 15.6 Å². The first-order chi connectivity index (χ1) is 12.7. The first-order valence-corrected chi connectivity index (χ1v) is 9.88. The van der Waals surface area contributed by atoms with Gasteiger partial charge in [0.05, 0.1) is 0 Å². The molecule has 0 aliphatic carbocycles. The van der Waals surface area contributed by atoms with Crippen LogP contribution in [-0.4, -0.2) is 42.3 Å². The van der Waals surface area contributed by atoms with Gasteiger partial charge in [-0.1, -0.05) is 31.5 Å². The standard InChI is InChI=1S/C21H34N4O/c1-4-8-17(12-14-26)15-24-21(22-5-2)23-13-11-18-16(3)25-20-10-7-6-9-19(18)20/h6-7,9-10,17,25-26H,4-5,8,11-15H2,1-3H3,(H2,22,23,24).